The summed E-state index contributed by atoms with van der Waals surface area (Å²) in [6.07, 6.45) is -5.56. The van der Waals surface area contributed by atoms with E-state index in [1.165, 1.54) is 5.32 Å². The summed E-state index contributed by atoms with van der Waals surface area (Å²) in [5.41, 5.74) is 4.01. The number of alkyl halides is 3. The predicted octanol–water partition coefficient (Wildman–Crippen LogP) is 4.46. The van der Waals surface area contributed by atoms with E-state index in [1.807, 2.05) is 55.5 Å². The maximum atomic E-state index is 13.0. The largest absolute Gasteiger partial charge is 0.479 e. The Morgan fingerprint density at radius 1 is 1.00 bits per heavy atom. The molecule has 0 aliphatic heterocycles. The van der Waals surface area contributed by atoms with E-state index in [-0.39, 0.29) is 24.9 Å². The van der Waals surface area contributed by atoms with Crippen LogP contribution in [0.3, 0.4) is 0 Å². The van der Waals surface area contributed by atoms with Crippen LogP contribution in [0.15, 0.2) is 48.5 Å². The normalized spacial score (nSPS) is 15.3. The predicted molar refractivity (Wildman–Crippen MR) is 122 cm³/mol. The molecule has 1 aliphatic carbocycles. The summed E-state index contributed by atoms with van der Waals surface area (Å²) in [7, 11) is 0. The number of ether oxygens (including phenoxy) is 1. The molecule has 0 bridgehead atoms. The smallest absolute Gasteiger partial charge is 0.419 e. The molecule has 2 amide bonds. The van der Waals surface area contributed by atoms with Gasteiger partial charge in [-0.2, -0.15) is 13.2 Å². The van der Waals surface area contributed by atoms with Crippen molar-refractivity contribution in [1.82, 2.24) is 10.6 Å². The van der Waals surface area contributed by atoms with Crippen LogP contribution >= 0.6 is 0 Å². The molecule has 3 atom stereocenters. The number of halogens is 3. The molecule has 0 saturated heterocycles. The molecule has 2 aromatic carbocycles. The number of carbonyl (C=O) groups excluding carboxylic acids is 2. The Morgan fingerprint density at radius 3 is 2.03 bits per heavy atom. The molecular formula is C25H27F3N2O5. The highest BCUT2D eigenvalue weighted by Gasteiger charge is 2.47. The number of hydrogen-bond donors (Lipinski definition) is 3. The van der Waals surface area contributed by atoms with Crippen molar-refractivity contribution in [1.29, 1.82) is 0 Å². The molecule has 3 rings (SSSR count). The van der Waals surface area contributed by atoms with E-state index in [0.717, 1.165) is 22.3 Å². The molecule has 1 aliphatic rings. The molecule has 2 aromatic rings. The summed E-state index contributed by atoms with van der Waals surface area (Å²) in [6.45, 7) is 3.54. The molecule has 7 nitrogen and oxygen atoms in total. The van der Waals surface area contributed by atoms with E-state index in [1.54, 1.807) is 6.92 Å². The van der Waals surface area contributed by atoms with E-state index >= 15 is 0 Å². The average Bonchev–Trinajstić information content (AvgIpc) is 3.13. The molecule has 0 spiro atoms. The third kappa shape index (κ3) is 6.12. The summed E-state index contributed by atoms with van der Waals surface area (Å²) < 4.78 is 44.4. The first-order chi connectivity index (χ1) is 16.5. The zero-order chi connectivity index (χ0) is 25.8. The standard InChI is InChI=1S/C25H27F3N2O5/c1-3-14(2)12-20(22(31)30-21(23(32)33)25(26,27)28)29-24(34)35-13-19-17-10-6-4-8-15(17)16-9-5-7-11-18(16)19/h4-11,14,19-21H,3,12-13H2,1-2H3,(H,29,34)(H,30,31)(H,32,33). The van der Waals surface area contributed by atoms with Crippen LogP contribution in [-0.4, -0.2) is 47.9 Å². The van der Waals surface area contributed by atoms with Crippen molar-refractivity contribution in [2.75, 3.05) is 6.61 Å². The molecule has 0 heterocycles. The van der Waals surface area contributed by atoms with Crippen LogP contribution in [0.1, 0.15) is 43.7 Å². The van der Waals surface area contributed by atoms with Gasteiger partial charge < -0.3 is 20.5 Å². The van der Waals surface area contributed by atoms with E-state index in [9.17, 15) is 27.6 Å². The second-order valence-electron chi connectivity index (χ2n) is 8.59. The van der Waals surface area contributed by atoms with Crippen molar-refractivity contribution in [3.63, 3.8) is 0 Å². The maximum absolute atomic E-state index is 13.0. The first kappa shape index (κ1) is 26.1. The lowest BCUT2D eigenvalue weighted by Gasteiger charge is -2.24. The fourth-order valence-corrected chi connectivity index (χ4v) is 4.11. The zero-order valence-corrected chi connectivity index (χ0v) is 19.3. The number of carbonyl (C=O) groups is 3. The molecule has 0 saturated carbocycles. The number of carboxylic acid groups (broad SMARTS) is 1. The van der Waals surface area contributed by atoms with Crippen LogP contribution in [0.4, 0.5) is 18.0 Å². The monoisotopic (exact) mass is 492 g/mol. The Morgan fingerprint density at radius 2 is 1.54 bits per heavy atom. The lowest BCUT2D eigenvalue weighted by molar-refractivity contribution is -0.182. The third-order valence-electron chi connectivity index (χ3n) is 6.15. The SMILES string of the molecule is CCC(C)CC(NC(=O)OCC1c2ccccc2-c2ccccc21)C(=O)NC(C(=O)O)C(F)(F)F. The van der Waals surface area contributed by atoms with Gasteiger partial charge in [-0.15, -0.1) is 0 Å². The van der Waals surface area contributed by atoms with Crippen LogP contribution in [0.2, 0.25) is 0 Å². The topological polar surface area (TPSA) is 105 Å². The fraction of sp³-hybridized carbons (Fsp3) is 0.400. The van der Waals surface area contributed by atoms with Gasteiger partial charge in [-0.05, 0) is 34.6 Å². The quantitative estimate of drug-likeness (QED) is 0.479. The van der Waals surface area contributed by atoms with E-state index in [4.69, 9.17) is 9.84 Å². The number of rotatable bonds is 9. The Hall–Kier alpha value is -3.56. The van der Waals surface area contributed by atoms with Gasteiger partial charge in [-0.25, -0.2) is 9.59 Å². The molecule has 35 heavy (non-hydrogen) atoms. The third-order valence-corrected chi connectivity index (χ3v) is 6.15. The van der Waals surface area contributed by atoms with Gasteiger partial charge in [0.1, 0.15) is 12.6 Å². The number of hydrogen-bond acceptors (Lipinski definition) is 4. The molecular weight excluding hydrogens is 465 g/mol. The van der Waals surface area contributed by atoms with Crippen molar-refractivity contribution in [3.05, 3.63) is 59.7 Å². The summed E-state index contributed by atoms with van der Waals surface area (Å²) in [5, 5.41) is 12.7. The summed E-state index contributed by atoms with van der Waals surface area (Å²) in [6, 6.07) is 10.9. The zero-order valence-electron chi connectivity index (χ0n) is 19.3. The van der Waals surface area contributed by atoms with E-state index in [2.05, 4.69) is 5.32 Å². The van der Waals surface area contributed by atoms with Crippen molar-refractivity contribution in [3.8, 4) is 11.1 Å². The Labute approximate surface area is 200 Å². The van der Waals surface area contributed by atoms with Crippen LogP contribution in [-0.2, 0) is 14.3 Å². The van der Waals surface area contributed by atoms with Gasteiger partial charge in [-0.1, -0.05) is 68.8 Å². The molecule has 3 unspecified atom stereocenters. The van der Waals surface area contributed by atoms with Gasteiger partial charge in [0.05, 0.1) is 0 Å². The van der Waals surface area contributed by atoms with Gasteiger partial charge in [-0.3, -0.25) is 4.79 Å². The van der Waals surface area contributed by atoms with Crippen LogP contribution in [0, 0.1) is 5.92 Å². The molecule has 188 valence electrons. The number of aliphatic carboxylic acids is 1. The number of carboxylic acids is 1. The molecule has 10 heteroatoms. The molecule has 0 aromatic heterocycles. The lowest BCUT2D eigenvalue weighted by Crippen LogP contribution is -2.56. The summed E-state index contributed by atoms with van der Waals surface area (Å²) in [4.78, 5) is 36.1. The highest BCUT2D eigenvalue weighted by atomic mass is 19.4. The Bertz CT molecular complexity index is 1040. The van der Waals surface area contributed by atoms with Crippen molar-refractivity contribution in [2.45, 2.75) is 50.9 Å². The Kier molecular flexibility index (Phi) is 8.03. The van der Waals surface area contributed by atoms with Crippen molar-refractivity contribution >= 4 is 18.0 Å². The van der Waals surface area contributed by atoms with Gasteiger partial charge in [0.15, 0.2) is 0 Å². The van der Waals surface area contributed by atoms with Gasteiger partial charge in [0.2, 0.25) is 11.9 Å². The number of nitrogens with one attached hydrogen (secondary N) is 2. The average molecular weight is 492 g/mol. The second kappa shape index (κ2) is 10.8. The van der Waals surface area contributed by atoms with Gasteiger partial charge >= 0.3 is 18.2 Å². The highest BCUT2D eigenvalue weighted by Crippen LogP contribution is 2.44. The summed E-state index contributed by atoms with van der Waals surface area (Å²) >= 11 is 0. The fourth-order valence-electron chi connectivity index (χ4n) is 4.11. The van der Waals surface area contributed by atoms with Crippen molar-refractivity contribution < 1.29 is 37.4 Å². The molecule has 0 radical (unpaired) electrons. The lowest BCUT2D eigenvalue weighted by atomic mass is 9.98. The minimum atomic E-state index is -5.19. The van der Waals surface area contributed by atoms with E-state index in [0.29, 0.717) is 6.42 Å². The first-order valence-electron chi connectivity index (χ1n) is 11.2. The first-order valence-corrected chi connectivity index (χ1v) is 11.2. The summed E-state index contributed by atoms with van der Waals surface area (Å²) in [5.74, 6) is -3.86. The Balaban J connectivity index is 1.70. The minimum Gasteiger partial charge on any atom is -0.479 e. The minimum absolute atomic E-state index is 0.0106. The van der Waals surface area contributed by atoms with Gasteiger partial charge in [0, 0.05) is 5.92 Å². The molecule has 3 N–H and O–H groups in total. The number of benzene rings is 2. The number of amides is 2. The number of fused-ring (bicyclic) bond motifs is 3. The van der Waals surface area contributed by atoms with Gasteiger partial charge in [0.25, 0.3) is 0 Å². The molecule has 0 fully saturated rings. The highest BCUT2D eigenvalue weighted by molar-refractivity contribution is 5.89. The van der Waals surface area contributed by atoms with Crippen LogP contribution in [0.5, 0.6) is 0 Å². The second-order valence-corrected chi connectivity index (χ2v) is 8.59. The van der Waals surface area contributed by atoms with Crippen molar-refractivity contribution in [2.24, 2.45) is 5.92 Å². The van der Waals surface area contributed by atoms with E-state index < -0.39 is 36.2 Å². The maximum Gasteiger partial charge on any atom is 0.419 e. The van der Waals surface area contributed by atoms with Crippen LogP contribution < -0.4 is 10.6 Å². The number of alkyl carbamates (subject to hydrolysis) is 1. The van der Waals surface area contributed by atoms with Crippen LogP contribution in [0.25, 0.3) is 11.1 Å².